The van der Waals surface area contributed by atoms with Gasteiger partial charge in [-0.25, -0.2) is 4.79 Å². The van der Waals surface area contributed by atoms with Crippen molar-refractivity contribution < 1.29 is 19.2 Å². The third-order valence-corrected chi connectivity index (χ3v) is 3.34. The minimum absolute atomic E-state index is 0.0332. The third-order valence-electron chi connectivity index (χ3n) is 3.34. The number of hydrogen-bond donors (Lipinski definition) is 1. The van der Waals surface area contributed by atoms with Crippen LogP contribution in [0.2, 0.25) is 0 Å². The topological polar surface area (TPSA) is 98.5 Å². The van der Waals surface area contributed by atoms with E-state index in [9.17, 15) is 19.7 Å². The number of carbonyl (C=O) groups is 2. The molecule has 0 saturated carbocycles. The summed E-state index contributed by atoms with van der Waals surface area (Å²) in [6, 6.07) is 4.63. The standard InChI is InChI=1S/C17H24N2O5/c1-11-8-13(6-7-14(11)19(22)23)9-15(20)12(2)10-18-16(21)24-17(3,4)5/h6-8,12H,9-10H2,1-5H3,(H,18,21). The minimum Gasteiger partial charge on any atom is -0.444 e. The summed E-state index contributed by atoms with van der Waals surface area (Å²) in [5, 5.41) is 13.4. The number of benzene rings is 1. The van der Waals surface area contributed by atoms with Crippen molar-refractivity contribution >= 4 is 17.6 Å². The maximum absolute atomic E-state index is 12.2. The van der Waals surface area contributed by atoms with Gasteiger partial charge in [-0.15, -0.1) is 0 Å². The molecule has 1 atom stereocenters. The molecule has 0 radical (unpaired) electrons. The molecule has 24 heavy (non-hydrogen) atoms. The van der Waals surface area contributed by atoms with E-state index < -0.39 is 16.6 Å². The summed E-state index contributed by atoms with van der Waals surface area (Å²) in [6.45, 7) is 8.82. The predicted octanol–water partition coefficient (Wildman–Crippen LogP) is 3.18. The average Bonchev–Trinajstić information content (AvgIpc) is 2.42. The molecule has 1 aromatic rings. The molecule has 1 aromatic carbocycles. The van der Waals surface area contributed by atoms with Gasteiger partial charge in [0.15, 0.2) is 0 Å². The molecule has 1 amide bonds. The van der Waals surface area contributed by atoms with Crippen LogP contribution in [-0.2, 0) is 16.0 Å². The van der Waals surface area contributed by atoms with Gasteiger partial charge in [0.05, 0.1) is 4.92 Å². The van der Waals surface area contributed by atoms with Crippen molar-refractivity contribution in [2.45, 2.75) is 46.6 Å². The van der Waals surface area contributed by atoms with E-state index >= 15 is 0 Å². The minimum atomic E-state index is -0.590. The summed E-state index contributed by atoms with van der Waals surface area (Å²) in [4.78, 5) is 34.1. The Morgan fingerprint density at radius 2 is 1.96 bits per heavy atom. The number of ketones is 1. The number of nitrogens with zero attached hydrogens (tertiary/aromatic N) is 1. The van der Waals surface area contributed by atoms with Gasteiger partial charge in [0.25, 0.3) is 5.69 Å². The summed E-state index contributed by atoms with van der Waals surface area (Å²) in [5.74, 6) is -0.438. The number of ether oxygens (including phenoxy) is 1. The Morgan fingerprint density at radius 3 is 2.46 bits per heavy atom. The number of hydrogen-bond acceptors (Lipinski definition) is 5. The zero-order valence-corrected chi connectivity index (χ0v) is 14.7. The first-order chi connectivity index (χ1) is 11.0. The van der Waals surface area contributed by atoms with Crippen LogP contribution in [0.15, 0.2) is 18.2 Å². The zero-order chi connectivity index (χ0) is 18.5. The van der Waals surface area contributed by atoms with E-state index in [1.54, 1.807) is 46.8 Å². The molecule has 0 aliphatic carbocycles. The maximum Gasteiger partial charge on any atom is 0.407 e. The highest BCUT2D eigenvalue weighted by molar-refractivity contribution is 5.83. The lowest BCUT2D eigenvalue weighted by atomic mass is 9.98. The van der Waals surface area contributed by atoms with E-state index in [2.05, 4.69) is 5.32 Å². The fraction of sp³-hybridized carbons (Fsp3) is 0.529. The number of Topliss-reactive ketones (excluding diaryl/α,β-unsaturated/α-hetero) is 1. The molecule has 0 aliphatic heterocycles. The maximum atomic E-state index is 12.2. The van der Waals surface area contributed by atoms with Crippen LogP contribution in [0.1, 0.15) is 38.8 Å². The Bertz CT molecular complexity index is 634. The molecule has 7 nitrogen and oxygen atoms in total. The van der Waals surface area contributed by atoms with Crippen LogP contribution in [0.3, 0.4) is 0 Å². The molecule has 1 N–H and O–H groups in total. The van der Waals surface area contributed by atoms with Crippen molar-refractivity contribution in [3.8, 4) is 0 Å². The number of rotatable bonds is 6. The fourth-order valence-corrected chi connectivity index (χ4v) is 2.07. The Kier molecular flexibility index (Phi) is 6.45. The molecule has 0 aromatic heterocycles. The van der Waals surface area contributed by atoms with Crippen LogP contribution in [0.25, 0.3) is 0 Å². The molecule has 0 saturated heterocycles. The van der Waals surface area contributed by atoms with Crippen molar-refractivity contribution in [1.29, 1.82) is 0 Å². The predicted molar refractivity (Wildman–Crippen MR) is 89.9 cm³/mol. The van der Waals surface area contributed by atoms with Crippen LogP contribution in [-0.4, -0.2) is 28.9 Å². The first kappa shape index (κ1) is 19.6. The number of alkyl carbamates (subject to hydrolysis) is 1. The molecular weight excluding hydrogens is 312 g/mol. The molecule has 1 unspecified atom stereocenters. The number of amides is 1. The van der Waals surface area contributed by atoms with Crippen molar-refractivity contribution in [2.24, 2.45) is 5.92 Å². The lowest BCUT2D eigenvalue weighted by Gasteiger charge is -2.20. The molecule has 132 valence electrons. The highest BCUT2D eigenvalue weighted by Crippen LogP contribution is 2.19. The molecule has 0 heterocycles. The summed E-state index contributed by atoms with van der Waals surface area (Å²) >= 11 is 0. The largest absolute Gasteiger partial charge is 0.444 e. The van der Waals surface area contributed by atoms with Gasteiger partial charge in [-0.05, 0) is 39.3 Å². The Morgan fingerprint density at radius 1 is 1.33 bits per heavy atom. The van der Waals surface area contributed by atoms with Crippen molar-refractivity contribution in [2.75, 3.05) is 6.54 Å². The van der Waals surface area contributed by atoms with Crippen LogP contribution >= 0.6 is 0 Å². The molecule has 0 spiro atoms. The Labute approximate surface area is 141 Å². The van der Waals surface area contributed by atoms with Gasteiger partial charge in [-0.3, -0.25) is 14.9 Å². The van der Waals surface area contributed by atoms with Crippen LogP contribution < -0.4 is 5.32 Å². The third kappa shape index (κ3) is 6.36. The van der Waals surface area contributed by atoms with Gasteiger partial charge >= 0.3 is 6.09 Å². The number of aryl methyl sites for hydroxylation is 1. The van der Waals surface area contributed by atoms with E-state index in [0.717, 1.165) is 0 Å². The van der Waals surface area contributed by atoms with E-state index in [-0.39, 0.29) is 30.4 Å². The number of carbonyl (C=O) groups excluding carboxylic acids is 2. The highest BCUT2D eigenvalue weighted by atomic mass is 16.6. The molecule has 0 fully saturated rings. The second-order valence-corrected chi connectivity index (χ2v) is 6.80. The quantitative estimate of drug-likeness (QED) is 0.635. The molecule has 7 heteroatoms. The normalized spacial score (nSPS) is 12.4. The van der Waals surface area contributed by atoms with E-state index in [4.69, 9.17) is 4.74 Å². The summed E-state index contributed by atoms with van der Waals surface area (Å²) in [5.41, 5.74) is 0.677. The van der Waals surface area contributed by atoms with Crippen LogP contribution in [0.4, 0.5) is 10.5 Å². The first-order valence-corrected chi connectivity index (χ1v) is 7.73. The number of nitro groups is 1. The Balaban J connectivity index is 2.57. The molecular formula is C17H24N2O5. The van der Waals surface area contributed by atoms with E-state index in [1.807, 2.05) is 0 Å². The van der Waals surface area contributed by atoms with Gasteiger partial charge in [0.1, 0.15) is 11.4 Å². The SMILES string of the molecule is Cc1cc(CC(=O)C(C)CNC(=O)OC(C)(C)C)ccc1[N+](=O)[O-]. The fourth-order valence-electron chi connectivity index (χ4n) is 2.07. The lowest BCUT2D eigenvalue weighted by Crippen LogP contribution is -2.36. The monoisotopic (exact) mass is 336 g/mol. The number of nitro benzene ring substituents is 1. The van der Waals surface area contributed by atoms with Gasteiger partial charge in [0.2, 0.25) is 0 Å². The van der Waals surface area contributed by atoms with Gasteiger partial charge in [-0.2, -0.15) is 0 Å². The molecule has 0 aliphatic rings. The lowest BCUT2D eigenvalue weighted by molar-refractivity contribution is -0.385. The van der Waals surface area contributed by atoms with Gasteiger partial charge < -0.3 is 10.1 Å². The summed E-state index contributed by atoms with van der Waals surface area (Å²) in [7, 11) is 0. The summed E-state index contributed by atoms with van der Waals surface area (Å²) in [6.07, 6.45) is -0.399. The zero-order valence-electron chi connectivity index (χ0n) is 14.7. The average molecular weight is 336 g/mol. The first-order valence-electron chi connectivity index (χ1n) is 7.73. The second-order valence-electron chi connectivity index (χ2n) is 6.80. The van der Waals surface area contributed by atoms with E-state index in [1.165, 1.54) is 6.07 Å². The smallest absolute Gasteiger partial charge is 0.407 e. The van der Waals surface area contributed by atoms with Crippen molar-refractivity contribution in [3.05, 3.63) is 39.4 Å². The number of nitrogens with one attached hydrogen (secondary N) is 1. The Hall–Kier alpha value is -2.44. The van der Waals surface area contributed by atoms with Crippen LogP contribution in [0, 0.1) is 23.0 Å². The van der Waals surface area contributed by atoms with Crippen molar-refractivity contribution in [3.63, 3.8) is 0 Å². The van der Waals surface area contributed by atoms with E-state index in [0.29, 0.717) is 11.1 Å². The van der Waals surface area contributed by atoms with Gasteiger partial charge in [0, 0.05) is 30.5 Å². The van der Waals surface area contributed by atoms with Crippen molar-refractivity contribution in [1.82, 2.24) is 5.32 Å². The molecule has 0 bridgehead atoms. The highest BCUT2D eigenvalue weighted by Gasteiger charge is 2.19. The molecule has 1 rings (SSSR count). The summed E-state index contributed by atoms with van der Waals surface area (Å²) < 4.78 is 5.11. The van der Waals surface area contributed by atoms with Gasteiger partial charge in [-0.1, -0.05) is 13.0 Å². The van der Waals surface area contributed by atoms with Crippen LogP contribution in [0.5, 0.6) is 0 Å². The second kappa shape index (κ2) is 7.90.